The Balaban J connectivity index is 1.72. The molecule has 0 bridgehead atoms. The van der Waals surface area contributed by atoms with E-state index in [-0.39, 0.29) is 11.5 Å². The first-order valence-corrected chi connectivity index (χ1v) is 10.2. The van der Waals surface area contributed by atoms with Gasteiger partial charge in [-0.3, -0.25) is 14.2 Å². The molecule has 1 unspecified atom stereocenters. The van der Waals surface area contributed by atoms with E-state index in [0.29, 0.717) is 16.0 Å². The second-order valence-electron chi connectivity index (χ2n) is 7.01. The summed E-state index contributed by atoms with van der Waals surface area (Å²) in [5.41, 5.74) is 2.56. The highest BCUT2D eigenvalue weighted by Gasteiger charge is 2.22. The van der Waals surface area contributed by atoms with Crippen LogP contribution in [0.4, 0.5) is 5.69 Å². The van der Waals surface area contributed by atoms with E-state index >= 15 is 0 Å². The molecule has 4 aromatic rings. The average Bonchev–Trinajstić information content (AvgIpc) is 3.14. The summed E-state index contributed by atoms with van der Waals surface area (Å²) in [4.78, 5) is 32.3. The highest BCUT2D eigenvalue weighted by atomic mass is 32.1. The van der Waals surface area contributed by atoms with Crippen LogP contribution in [-0.4, -0.2) is 15.5 Å². The van der Waals surface area contributed by atoms with Gasteiger partial charge in [-0.15, -0.1) is 11.3 Å². The van der Waals surface area contributed by atoms with E-state index in [1.54, 1.807) is 13.8 Å². The fourth-order valence-electron chi connectivity index (χ4n) is 3.36. The van der Waals surface area contributed by atoms with Crippen molar-refractivity contribution in [2.75, 3.05) is 5.32 Å². The standard InChI is InChI=1S/C23H21N3O2S/c1-14-9-7-8-12-19(14)25-21(27)15(2)26-16(3)24-22-18(23(26)28)13-20(29-22)17-10-5-4-6-11-17/h4-13,15H,1-3H3,(H,25,27). The van der Waals surface area contributed by atoms with Crippen molar-refractivity contribution in [2.45, 2.75) is 26.8 Å². The fraction of sp³-hybridized carbons (Fsp3) is 0.174. The van der Waals surface area contributed by atoms with Gasteiger partial charge in [0.1, 0.15) is 16.7 Å². The van der Waals surface area contributed by atoms with Crippen molar-refractivity contribution in [3.63, 3.8) is 0 Å². The zero-order valence-corrected chi connectivity index (χ0v) is 17.3. The van der Waals surface area contributed by atoms with Gasteiger partial charge in [-0.1, -0.05) is 48.5 Å². The molecule has 4 rings (SSSR count). The van der Waals surface area contributed by atoms with Gasteiger partial charge in [0, 0.05) is 10.6 Å². The lowest BCUT2D eigenvalue weighted by Crippen LogP contribution is -2.33. The van der Waals surface area contributed by atoms with E-state index in [9.17, 15) is 9.59 Å². The van der Waals surface area contributed by atoms with Crippen molar-refractivity contribution >= 4 is 33.1 Å². The second-order valence-corrected chi connectivity index (χ2v) is 8.04. The number of hydrogen-bond donors (Lipinski definition) is 1. The molecule has 146 valence electrons. The number of amides is 1. The molecule has 2 heterocycles. The van der Waals surface area contributed by atoms with Gasteiger partial charge in [-0.05, 0) is 44.0 Å². The zero-order chi connectivity index (χ0) is 20.5. The van der Waals surface area contributed by atoms with Crippen LogP contribution >= 0.6 is 11.3 Å². The number of aromatic nitrogens is 2. The lowest BCUT2D eigenvalue weighted by Gasteiger charge is -2.18. The Hall–Kier alpha value is -3.25. The van der Waals surface area contributed by atoms with Crippen LogP contribution in [0.2, 0.25) is 0 Å². The SMILES string of the molecule is Cc1ccccc1NC(=O)C(C)n1c(C)nc2sc(-c3ccccc3)cc2c1=O. The molecule has 1 amide bonds. The summed E-state index contributed by atoms with van der Waals surface area (Å²) in [6.07, 6.45) is 0. The molecule has 0 aliphatic carbocycles. The third-order valence-corrected chi connectivity index (χ3v) is 6.08. The van der Waals surface area contributed by atoms with E-state index in [2.05, 4.69) is 10.3 Å². The Kier molecular flexibility index (Phi) is 5.03. The van der Waals surface area contributed by atoms with E-state index in [4.69, 9.17) is 0 Å². The third kappa shape index (κ3) is 3.59. The van der Waals surface area contributed by atoms with Crippen molar-refractivity contribution in [1.29, 1.82) is 0 Å². The molecule has 5 nitrogen and oxygen atoms in total. The summed E-state index contributed by atoms with van der Waals surface area (Å²) in [5.74, 6) is 0.278. The van der Waals surface area contributed by atoms with Crippen molar-refractivity contribution < 1.29 is 4.79 Å². The molecule has 0 saturated carbocycles. The summed E-state index contributed by atoms with van der Waals surface area (Å²) in [5, 5.41) is 3.46. The number of thiophene rings is 1. The van der Waals surface area contributed by atoms with E-state index in [0.717, 1.165) is 21.7 Å². The molecule has 29 heavy (non-hydrogen) atoms. The van der Waals surface area contributed by atoms with Gasteiger partial charge < -0.3 is 5.32 Å². The average molecular weight is 404 g/mol. The maximum Gasteiger partial charge on any atom is 0.263 e. The normalized spacial score (nSPS) is 12.1. The van der Waals surface area contributed by atoms with Gasteiger partial charge in [-0.2, -0.15) is 0 Å². The molecule has 0 aliphatic rings. The lowest BCUT2D eigenvalue weighted by molar-refractivity contribution is -0.118. The molecule has 1 atom stereocenters. The number of anilines is 1. The van der Waals surface area contributed by atoms with Gasteiger partial charge in [0.15, 0.2) is 0 Å². The van der Waals surface area contributed by atoms with Gasteiger partial charge in [0.25, 0.3) is 5.56 Å². The third-order valence-electron chi connectivity index (χ3n) is 5.00. The predicted octanol–water partition coefficient (Wildman–Crippen LogP) is 4.94. The Bertz CT molecular complexity index is 1260. The van der Waals surface area contributed by atoms with Gasteiger partial charge in [0.05, 0.1) is 5.39 Å². The first-order chi connectivity index (χ1) is 14.0. The van der Waals surface area contributed by atoms with E-state index < -0.39 is 6.04 Å². The maximum atomic E-state index is 13.2. The molecule has 2 aromatic heterocycles. The molecule has 0 radical (unpaired) electrons. The number of rotatable bonds is 4. The first kappa shape index (κ1) is 19.1. The minimum atomic E-state index is -0.681. The van der Waals surface area contributed by atoms with E-state index in [1.165, 1.54) is 15.9 Å². The van der Waals surface area contributed by atoms with Gasteiger partial charge in [-0.25, -0.2) is 4.98 Å². The molecule has 2 aromatic carbocycles. The zero-order valence-electron chi connectivity index (χ0n) is 16.5. The molecule has 0 spiro atoms. The summed E-state index contributed by atoms with van der Waals surface area (Å²) < 4.78 is 1.47. The number of carbonyl (C=O) groups is 1. The summed E-state index contributed by atoms with van der Waals surface area (Å²) >= 11 is 1.49. The second kappa shape index (κ2) is 7.64. The number of para-hydroxylation sites is 1. The maximum absolute atomic E-state index is 13.2. The van der Waals surface area contributed by atoms with Crippen LogP contribution in [0.25, 0.3) is 20.7 Å². The molecule has 0 saturated heterocycles. The van der Waals surface area contributed by atoms with Gasteiger partial charge >= 0.3 is 0 Å². The van der Waals surface area contributed by atoms with Crippen LogP contribution in [0.5, 0.6) is 0 Å². The lowest BCUT2D eigenvalue weighted by atomic mass is 10.2. The molecule has 6 heteroatoms. The number of carbonyl (C=O) groups excluding carboxylic acids is 1. The Labute approximate surface area is 172 Å². The van der Waals surface area contributed by atoms with Crippen molar-refractivity contribution in [3.8, 4) is 10.4 Å². The number of benzene rings is 2. The Morgan fingerprint density at radius 3 is 2.48 bits per heavy atom. The van der Waals surface area contributed by atoms with Crippen molar-refractivity contribution in [3.05, 3.63) is 82.4 Å². The number of hydrogen-bond acceptors (Lipinski definition) is 4. The number of nitrogens with one attached hydrogen (secondary N) is 1. The summed E-state index contributed by atoms with van der Waals surface area (Å²) in [6.45, 7) is 5.42. The van der Waals surface area contributed by atoms with Gasteiger partial charge in [0.2, 0.25) is 5.91 Å². The molecular weight excluding hydrogens is 382 g/mol. The molecular formula is C23H21N3O2S. The minimum Gasteiger partial charge on any atom is -0.324 e. The van der Waals surface area contributed by atoms with Crippen LogP contribution in [-0.2, 0) is 4.79 Å². The van der Waals surface area contributed by atoms with Crippen LogP contribution < -0.4 is 10.9 Å². The monoisotopic (exact) mass is 403 g/mol. The van der Waals surface area contributed by atoms with Crippen LogP contribution in [0.15, 0.2) is 65.5 Å². The largest absolute Gasteiger partial charge is 0.324 e. The Morgan fingerprint density at radius 1 is 1.07 bits per heavy atom. The predicted molar refractivity (Wildman–Crippen MR) is 119 cm³/mol. The summed E-state index contributed by atoms with van der Waals surface area (Å²) in [7, 11) is 0. The Morgan fingerprint density at radius 2 is 1.76 bits per heavy atom. The highest BCUT2D eigenvalue weighted by molar-refractivity contribution is 7.21. The van der Waals surface area contributed by atoms with E-state index in [1.807, 2.05) is 67.6 Å². The smallest absolute Gasteiger partial charge is 0.263 e. The van der Waals surface area contributed by atoms with Crippen molar-refractivity contribution in [2.24, 2.45) is 0 Å². The van der Waals surface area contributed by atoms with Crippen LogP contribution in [0, 0.1) is 13.8 Å². The van der Waals surface area contributed by atoms with Crippen LogP contribution in [0.3, 0.4) is 0 Å². The summed E-state index contributed by atoms with van der Waals surface area (Å²) in [6, 6.07) is 18.7. The first-order valence-electron chi connectivity index (χ1n) is 9.40. The quantitative estimate of drug-likeness (QED) is 0.525. The topological polar surface area (TPSA) is 64.0 Å². The molecule has 0 aliphatic heterocycles. The molecule has 1 N–H and O–H groups in total. The van der Waals surface area contributed by atoms with Crippen LogP contribution in [0.1, 0.15) is 24.4 Å². The fourth-order valence-corrected chi connectivity index (χ4v) is 4.44. The minimum absolute atomic E-state index is 0.196. The number of nitrogens with zero attached hydrogens (tertiary/aromatic N) is 2. The van der Waals surface area contributed by atoms with Crippen molar-refractivity contribution in [1.82, 2.24) is 9.55 Å². The highest BCUT2D eigenvalue weighted by Crippen LogP contribution is 2.31. The number of aryl methyl sites for hydroxylation is 2. The molecule has 0 fully saturated rings. The number of fused-ring (bicyclic) bond motifs is 1.